The van der Waals surface area contributed by atoms with E-state index in [2.05, 4.69) is 0 Å². The lowest BCUT2D eigenvalue weighted by Crippen LogP contribution is -2.21. The van der Waals surface area contributed by atoms with Crippen LogP contribution in [0.1, 0.15) is 5.56 Å². The zero-order valence-corrected chi connectivity index (χ0v) is 8.68. The van der Waals surface area contributed by atoms with Crippen LogP contribution in [0.3, 0.4) is 0 Å². The Labute approximate surface area is 89.1 Å². The fraction of sp³-hybridized carbons (Fsp3) is 0.333. The molecule has 13 heavy (non-hydrogen) atoms. The molecule has 0 aliphatic rings. The molecular formula is C9H13Cl2NO. The van der Waals surface area contributed by atoms with Gasteiger partial charge < -0.3 is 10.8 Å². The van der Waals surface area contributed by atoms with E-state index in [4.69, 9.17) is 17.3 Å². The highest BCUT2D eigenvalue weighted by Gasteiger charge is 2.01. The third-order valence-electron chi connectivity index (χ3n) is 1.66. The number of aliphatic hydroxyl groups is 1. The molecule has 1 rings (SSSR count). The molecule has 3 N–H and O–H groups in total. The monoisotopic (exact) mass is 221 g/mol. The van der Waals surface area contributed by atoms with Gasteiger partial charge in [0, 0.05) is 11.6 Å². The van der Waals surface area contributed by atoms with E-state index in [0.717, 1.165) is 5.56 Å². The number of rotatable bonds is 3. The van der Waals surface area contributed by atoms with Crippen LogP contribution in [-0.4, -0.2) is 17.8 Å². The van der Waals surface area contributed by atoms with E-state index in [1.807, 2.05) is 12.1 Å². The van der Waals surface area contributed by atoms with Crippen molar-refractivity contribution in [3.8, 4) is 0 Å². The molecule has 1 unspecified atom stereocenters. The first-order chi connectivity index (χ1) is 5.72. The Morgan fingerprint density at radius 2 is 1.85 bits per heavy atom. The lowest BCUT2D eigenvalue weighted by atomic mass is 10.1. The van der Waals surface area contributed by atoms with Crippen LogP contribution in [-0.2, 0) is 6.42 Å². The van der Waals surface area contributed by atoms with E-state index < -0.39 is 6.10 Å². The van der Waals surface area contributed by atoms with E-state index in [1.165, 1.54) is 0 Å². The highest BCUT2D eigenvalue weighted by Crippen LogP contribution is 2.10. The van der Waals surface area contributed by atoms with Crippen LogP contribution in [0.25, 0.3) is 0 Å². The topological polar surface area (TPSA) is 46.2 Å². The quantitative estimate of drug-likeness (QED) is 0.816. The summed E-state index contributed by atoms with van der Waals surface area (Å²) in [6.07, 6.45) is 0.138. The molecule has 0 amide bonds. The van der Waals surface area contributed by atoms with Crippen LogP contribution >= 0.6 is 24.0 Å². The van der Waals surface area contributed by atoms with Crippen LogP contribution in [0, 0.1) is 0 Å². The lowest BCUT2D eigenvalue weighted by molar-refractivity contribution is 0.183. The van der Waals surface area contributed by atoms with Crippen molar-refractivity contribution in [1.29, 1.82) is 0 Å². The molecule has 1 aromatic rings. The molecule has 0 spiro atoms. The molecule has 0 fully saturated rings. The van der Waals surface area contributed by atoms with Crippen molar-refractivity contribution < 1.29 is 5.11 Å². The van der Waals surface area contributed by atoms with Gasteiger partial charge in [-0.05, 0) is 24.1 Å². The van der Waals surface area contributed by atoms with Crippen molar-refractivity contribution in [3.63, 3.8) is 0 Å². The molecule has 2 nitrogen and oxygen atoms in total. The minimum atomic E-state index is -0.453. The second kappa shape index (κ2) is 6.22. The Kier molecular flexibility index (Phi) is 6.08. The Morgan fingerprint density at radius 1 is 1.31 bits per heavy atom. The summed E-state index contributed by atoms with van der Waals surface area (Å²) < 4.78 is 0. The zero-order valence-electron chi connectivity index (χ0n) is 7.11. The van der Waals surface area contributed by atoms with Crippen LogP contribution in [0.2, 0.25) is 5.02 Å². The Bertz CT molecular complexity index is 238. The van der Waals surface area contributed by atoms with Gasteiger partial charge in [0.25, 0.3) is 0 Å². The number of hydrogen-bond donors (Lipinski definition) is 2. The van der Waals surface area contributed by atoms with Gasteiger partial charge >= 0.3 is 0 Å². The molecule has 0 heterocycles. The predicted octanol–water partition coefficient (Wildman–Crippen LogP) is 1.62. The maximum atomic E-state index is 9.22. The maximum Gasteiger partial charge on any atom is 0.0702 e. The maximum absolute atomic E-state index is 9.22. The minimum absolute atomic E-state index is 0. The fourth-order valence-corrected chi connectivity index (χ4v) is 1.10. The number of halogens is 2. The summed E-state index contributed by atoms with van der Waals surface area (Å²) in [6, 6.07) is 7.39. The Hall–Kier alpha value is -0.280. The molecule has 0 saturated carbocycles. The third-order valence-corrected chi connectivity index (χ3v) is 1.91. The van der Waals surface area contributed by atoms with Crippen molar-refractivity contribution in [2.45, 2.75) is 12.5 Å². The van der Waals surface area contributed by atoms with Crippen LogP contribution in [0.15, 0.2) is 24.3 Å². The van der Waals surface area contributed by atoms with E-state index in [1.54, 1.807) is 12.1 Å². The average Bonchev–Trinajstić information content (AvgIpc) is 2.09. The molecule has 0 radical (unpaired) electrons. The van der Waals surface area contributed by atoms with Gasteiger partial charge in [0.1, 0.15) is 0 Å². The molecule has 0 aliphatic heterocycles. The molecule has 1 atom stereocenters. The number of hydrogen-bond acceptors (Lipinski definition) is 2. The fourth-order valence-electron chi connectivity index (χ4n) is 0.976. The van der Waals surface area contributed by atoms with Gasteiger partial charge in [0.05, 0.1) is 6.10 Å². The smallest absolute Gasteiger partial charge is 0.0702 e. The second-order valence-electron chi connectivity index (χ2n) is 2.72. The standard InChI is InChI=1S/C9H12ClNO.ClH/c10-8-3-1-7(2-4-8)5-9(12)6-11;/h1-4,9,12H,5-6,11H2;1H. The van der Waals surface area contributed by atoms with E-state index in [0.29, 0.717) is 18.0 Å². The predicted molar refractivity (Wildman–Crippen MR) is 57.5 cm³/mol. The normalized spacial score (nSPS) is 11.9. The Balaban J connectivity index is 0.00000144. The summed E-state index contributed by atoms with van der Waals surface area (Å²) in [5, 5.41) is 9.93. The first-order valence-electron chi connectivity index (χ1n) is 3.85. The second-order valence-corrected chi connectivity index (χ2v) is 3.16. The van der Waals surface area contributed by atoms with Crippen molar-refractivity contribution in [3.05, 3.63) is 34.9 Å². The van der Waals surface area contributed by atoms with Crippen LogP contribution < -0.4 is 5.73 Å². The number of benzene rings is 1. The SMILES string of the molecule is Cl.NCC(O)Cc1ccc(Cl)cc1. The highest BCUT2D eigenvalue weighted by atomic mass is 35.5. The van der Waals surface area contributed by atoms with Gasteiger partial charge in [0.15, 0.2) is 0 Å². The number of nitrogens with two attached hydrogens (primary N) is 1. The molecule has 0 saturated heterocycles. The third kappa shape index (κ3) is 4.48. The van der Waals surface area contributed by atoms with Crippen LogP contribution in [0.5, 0.6) is 0 Å². The summed E-state index contributed by atoms with van der Waals surface area (Å²) in [7, 11) is 0. The van der Waals surface area contributed by atoms with Crippen molar-refractivity contribution in [2.24, 2.45) is 5.73 Å². The summed E-state index contributed by atoms with van der Waals surface area (Å²) in [5.41, 5.74) is 6.33. The number of aliphatic hydroxyl groups excluding tert-OH is 1. The molecular weight excluding hydrogens is 209 g/mol. The molecule has 0 bridgehead atoms. The van der Waals surface area contributed by atoms with Gasteiger partial charge in [-0.2, -0.15) is 0 Å². The van der Waals surface area contributed by atoms with E-state index >= 15 is 0 Å². The summed E-state index contributed by atoms with van der Waals surface area (Å²) >= 11 is 5.69. The largest absolute Gasteiger partial charge is 0.391 e. The van der Waals surface area contributed by atoms with Gasteiger partial charge in [-0.1, -0.05) is 23.7 Å². The van der Waals surface area contributed by atoms with Crippen LogP contribution in [0.4, 0.5) is 0 Å². The highest BCUT2D eigenvalue weighted by molar-refractivity contribution is 6.30. The van der Waals surface area contributed by atoms with Gasteiger partial charge in [-0.3, -0.25) is 0 Å². The minimum Gasteiger partial charge on any atom is -0.391 e. The zero-order chi connectivity index (χ0) is 8.97. The van der Waals surface area contributed by atoms with E-state index in [9.17, 15) is 5.11 Å². The van der Waals surface area contributed by atoms with Gasteiger partial charge in [0.2, 0.25) is 0 Å². The average molecular weight is 222 g/mol. The van der Waals surface area contributed by atoms with Crippen molar-refractivity contribution in [1.82, 2.24) is 0 Å². The lowest BCUT2D eigenvalue weighted by Gasteiger charge is -2.06. The van der Waals surface area contributed by atoms with Gasteiger partial charge in [-0.15, -0.1) is 12.4 Å². The van der Waals surface area contributed by atoms with Crippen molar-refractivity contribution >= 4 is 24.0 Å². The molecule has 0 aliphatic carbocycles. The summed E-state index contributed by atoms with van der Waals surface area (Å²) in [5.74, 6) is 0. The van der Waals surface area contributed by atoms with Gasteiger partial charge in [-0.25, -0.2) is 0 Å². The summed E-state index contributed by atoms with van der Waals surface area (Å²) in [6.45, 7) is 0.294. The molecule has 4 heteroatoms. The molecule has 74 valence electrons. The first-order valence-corrected chi connectivity index (χ1v) is 4.22. The molecule has 1 aromatic carbocycles. The first kappa shape index (κ1) is 12.7. The molecule has 0 aromatic heterocycles. The summed E-state index contributed by atoms with van der Waals surface area (Å²) in [4.78, 5) is 0. The van der Waals surface area contributed by atoms with E-state index in [-0.39, 0.29) is 12.4 Å². The Morgan fingerprint density at radius 3 is 2.31 bits per heavy atom. The van der Waals surface area contributed by atoms with Crippen molar-refractivity contribution in [2.75, 3.05) is 6.54 Å².